The second-order valence-corrected chi connectivity index (χ2v) is 6.41. The lowest BCUT2D eigenvalue weighted by molar-refractivity contribution is -0.123. The molecule has 1 aliphatic heterocycles. The van der Waals surface area contributed by atoms with Gasteiger partial charge in [0.1, 0.15) is 6.04 Å². The number of hydrogen-bond acceptors (Lipinski definition) is 5. The third-order valence-electron chi connectivity index (χ3n) is 4.06. The molecule has 0 fully saturated rings. The summed E-state index contributed by atoms with van der Waals surface area (Å²) < 4.78 is 10.5. The summed E-state index contributed by atoms with van der Waals surface area (Å²) in [5, 5.41) is 6.71. The van der Waals surface area contributed by atoms with Crippen LogP contribution >= 0.6 is 0 Å². The van der Waals surface area contributed by atoms with Gasteiger partial charge in [0.25, 0.3) is 11.8 Å². The van der Waals surface area contributed by atoms with Crippen LogP contribution in [0.1, 0.15) is 29.8 Å². The summed E-state index contributed by atoms with van der Waals surface area (Å²) >= 11 is 0. The minimum Gasteiger partial charge on any atom is -0.454 e. The number of nitrogens with zero attached hydrogens (tertiary/aromatic N) is 1. The first-order valence-electron chi connectivity index (χ1n) is 8.63. The maximum absolute atomic E-state index is 12.5. The molecule has 0 saturated heterocycles. The number of benzene rings is 2. The van der Waals surface area contributed by atoms with E-state index in [1.165, 1.54) is 0 Å². The Labute approximate surface area is 157 Å². The minimum atomic E-state index is -0.726. The highest BCUT2D eigenvalue weighted by atomic mass is 16.7. The van der Waals surface area contributed by atoms with Crippen LogP contribution in [0.25, 0.3) is 0 Å². The fourth-order valence-corrected chi connectivity index (χ4v) is 2.58. The average molecular weight is 367 g/mol. The van der Waals surface area contributed by atoms with Crippen molar-refractivity contribution >= 4 is 18.0 Å². The largest absolute Gasteiger partial charge is 0.454 e. The third kappa shape index (κ3) is 4.63. The summed E-state index contributed by atoms with van der Waals surface area (Å²) in [5.41, 5.74) is 3.74. The van der Waals surface area contributed by atoms with Gasteiger partial charge in [-0.25, -0.2) is 5.43 Å². The number of rotatable bonds is 6. The van der Waals surface area contributed by atoms with Crippen LogP contribution in [-0.2, 0) is 4.79 Å². The van der Waals surface area contributed by atoms with E-state index in [9.17, 15) is 9.59 Å². The molecule has 0 bridgehead atoms. The predicted octanol–water partition coefficient (Wildman–Crippen LogP) is 2.32. The smallest absolute Gasteiger partial charge is 0.262 e. The van der Waals surface area contributed by atoms with Crippen LogP contribution in [0.3, 0.4) is 0 Å². The maximum atomic E-state index is 12.5. The zero-order chi connectivity index (χ0) is 19.2. The van der Waals surface area contributed by atoms with Crippen LogP contribution in [0.5, 0.6) is 11.5 Å². The highest BCUT2D eigenvalue weighted by Crippen LogP contribution is 2.32. The number of carbonyl (C=O) groups is 2. The molecule has 2 amide bonds. The standard InChI is InChI=1S/C20H21N3O4/c1-13(2)18(20(25)23-21-11-14-6-4-3-5-7-14)22-19(24)15-8-9-16-17(10-15)27-12-26-16/h3-11,13,18H,12H2,1-2H3,(H,22,24)(H,23,25)/b21-11-/t18-/m1/s1. The molecule has 2 aromatic rings. The van der Waals surface area contributed by atoms with Crippen molar-refractivity contribution in [2.45, 2.75) is 19.9 Å². The Hall–Kier alpha value is -3.35. The molecule has 2 aromatic carbocycles. The second-order valence-electron chi connectivity index (χ2n) is 6.41. The normalized spacial score (nSPS) is 13.6. The summed E-state index contributed by atoms with van der Waals surface area (Å²) in [7, 11) is 0. The van der Waals surface area contributed by atoms with Crippen molar-refractivity contribution in [3.63, 3.8) is 0 Å². The van der Waals surface area contributed by atoms with Crippen LogP contribution in [0.2, 0.25) is 0 Å². The van der Waals surface area contributed by atoms with E-state index < -0.39 is 6.04 Å². The number of hydrogen-bond donors (Lipinski definition) is 2. The quantitative estimate of drug-likeness (QED) is 0.606. The maximum Gasteiger partial charge on any atom is 0.262 e. The molecule has 3 rings (SSSR count). The number of fused-ring (bicyclic) bond motifs is 1. The Kier molecular flexibility index (Phi) is 5.71. The van der Waals surface area contributed by atoms with Crippen molar-refractivity contribution in [1.82, 2.24) is 10.7 Å². The van der Waals surface area contributed by atoms with Crippen molar-refractivity contribution in [3.8, 4) is 11.5 Å². The first kappa shape index (κ1) is 18.4. The van der Waals surface area contributed by atoms with Gasteiger partial charge >= 0.3 is 0 Å². The first-order valence-corrected chi connectivity index (χ1v) is 8.63. The Morgan fingerprint density at radius 2 is 1.81 bits per heavy atom. The Balaban J connectivity index is 1.63. The summed E-state index contributed by atoms with van der Waals surface area (Å²) in [6.07, 6.45) is 1.55. The molecule has 7 heteroatoms. The molecule has 7 nitrogen and oxygen atoms in total. The Morgan fingerprint density at radius 3 is 2.56 bits per heavy atom. The van der Waals surface area contributed by atoms with E-state index in [0.29, 0.717) is 17.1 Å². The zero-order valence-electron chi connectivity index (χ0n) is 15.1. The van der Waals surface area contributed by atoms with Gasteiger partial charge in [-0.05, 0) is 29.7 Å². The van der Waals surface area contributed by atoms with E-state index in [1.807, 2.05) is 44.2 Å². The molecule has 2 N–H and O–H groups in total. The first-order chi connectivity index (χ1) is 13.0. The number of nitrogens with one attached hydrogen (secondary N) is 2. The van der Waals surface area contributed by atoms with Crippen LogP contribution in [0, 0.1) is 5.92 Å². The lowest BCUT2D eigenvalue weighted by Crippen LogP contribution is -2.48. The molecule has 0 aromatic heterocycles. The monoisotopic (exact) mass is 367 g/mol. The summed E-state index contributed by atoms with van der Waals surface area (Å²) in [4.78, 5) is 25.0. The molecular formula is C20H21N3O4. The van der Waals surface area contributed by atoms with Gasteiger partial charge in [0.15, 0.2) is 11.5 Å². The SMILES string of the molecule is CC(C)[C@@H](NC(=O)c1ccc2c(c1)OCO2)C(=O)N/N=C\c1ccccc1. The molecule has 0 saturated carbocycles. The van der Waals surface area contributed by atoms with Gasteiger partial charge in [-0.15, -0.1) is 0 Å². The number of hydrazone groups is 1. The van der Waals surface area contributed by atoms with Crippen molar-refractivity contribution in [3.05, 3.63) is 59.7 Å². The fraction of sp³-hybridized carbons (Fsp3) is 0.250. The number of ether oxygens (including phenoxy) is 2. The molecule has 0 unspecified atom stereocenters. The van der Waals surface area contributed by atoms with Crippen molar-refractivity contribution in [2.24, 2.45) is 11.0 Å². The van der Waals surface area contributed by atoms with Gasteiger partial charge in [0.05, 0.1) is 6.21 Å². The highest BCUT2D eigenvalue weighted by molar-refractivity contribution is 5.98. The zero-order valence-corrected chi connectivity index (χ0v) is 15.1. The molecular weight excluding hydrogens is 346 g/mol. The molecule has 1 atom stereocenters. The summed E-state index contributed by atoms with van der Waals surface area (Å²) in [6, 6.07) is 13.6. The van der Waals surface area contributed by atoms with E-state index in [0.717, 1.165) is 5.56 Å². The van der Waals surface area contributed by atoms with Crippen LogP contribution in [0.15, 0.2) is 53.6 Å². The molecule has 1 heterocycles. The molecule has 140 valence electrons. The van der Waals surface area contributed by atoms with Gasteiger partial charge in [-0.2, -0.15) is 5.10 Å². The minimum absolute atomic E-state index is 0.116. The Bertz CT molecular complexity index is 850. The van der Waals surface area contributed by atoms with E-state index in [2.05, 4.69) is 15.8 Å². The summed E-state index contributed by atoms with van der Waals surface area (Å²) in [6.45, 7) is 3.84. The number of amides is 2. The summed E-state index contributed by atoms with van der Waals surface area (Å²) in [5.74, 6) is 0.246. The molecule has 1 aliphatic rings. The van der Waals surface area contributed by atoms with Gasteiger partial charge in [-0.1, -0.05) is 44.2 Å². The van der Waals surface area contributed by atoms with Gasteiger partial charge in [0.2, 0.25) is 6.79 Å². The molecule has 0 radical (unpaired) electrons. The van der Waals surface area contributed by atoms with Crippen LogP contribution < -0.4 is 20.2 Å². The van der Waals surface area contributed by atoms with E-state index in [-0.39, 0.29) is 24.5 Å². The van der Waals surface area contributed by atoms with Gasteiger partial charge in [0, 0.05) is 5.56 Å². The van der Waals surface area contributed by atoms with Gasteiger partial charge < -0.3 is 14.8 Å². The average Bonchev–Trinajstić information content (AvgIpc) is 3.14. The van der Waals surface area contributed by atoms with Crippen molar-refractivity contribution < 1.29 is 19.1 Å². The van der Waals surface area contributed by atoms with E-state index in [4.69, 9.17) is 9.47 Å². The highest BCUT2D eigenvalue weighted by Gasteiger charge is 2.25. The van der Waals surface area contributed by atoms with E-state index >= 15 is 0 Å². The molecule has 0 aliphatic carbocycles. The second kappa shape index (κ2) is 8.35. The topological polar surface area (TPSA) is 89.0 Å². The van der Waals surface area contributed by atoms with Crippen molar-refractivity contribution in [1.29, 1.82) is 0 Å². The number of carbonyl (C=O) groups excluding carboxylic acids is 2. The fourth-order valence-electron chi connectivity index (χ4n) is 2.58. The predicted molar refractivity (Wildman–Crippen MR) is 101 cm³/mol. The lowest BCUT2D eigenvalue weighted by atomic mass is 10.0. The lowest BCUT2D eigenvalue weighted by Gasteiger charge is -2.20. The molecule has 0 spiro atoms. The van der Waals surface area contributed by atoms with Crippen molar-refractivity contribution in [2.75, 3.05) is 6.79 Å². The van der Waals surface area contributed by atoms with E-state index in [1.54, 1.807) is 24.4 Å². The molecule has 27 heavy (non-hydrogen) atoms. The van der Waals surface area contributed by atoms with Crippen LogP contribution in [0.4, 0.5) is 0 Å². The Morgan fingerprint density at radius 1 is 1.07 bits per heavy atom. The third-order valence-corrected chi connectivity index (χ3v) is 4.06. The van der Waals surface area contributed by atoms with Gasteiger partial charge in [-0.3, -0.25) is 9.59 Å². The van der Waals surface area contributed by atoms with Crippen LogP contribution in [-0.4, -0.2) is 30.9 Å².